The number of rotatable bonds is 2. The molecule has 0 bridgehead atoms. The van der Waals surface area contributed by atoms with Crippen LogP contribution in [0.25, 0.3) is 0 Å². The van der Waals surface area contributed by atoms with E-state index in [4.69, 9.17) is 23.7 Å². The van der Waals surface area contributed by atoms with E-state index in [2.05, 4.69) is 0 Å². The van der Waals surface area contributed by atoms with E-state index in [-0.39, 0.29) is 23.8 Å². The van der Waals surface area contributed by atoms with Gasteiger partial charge in [0.25, 0.3) is 0 Å². The number of methoxy groups -OCH3 is 2. The first kappa shape index (κ1) is 21.7. The van der Waals surface area contributed by atoms with Gasteiger partial charge >= 0.3 is 18.0 Å². The lowest BCUT2D eigenvalue weighted by Gasteiger charge is -2.44. The van der Waals surface area contributed by atoms with Crippen molar-refractivity contribution in [2.45, 2.75) is 44.8 Å². The number of likely N-dealkylation sites (tertiary alicyclic amines) is 1. The van der Waals surface area contributed by atoms with E-state index in [9.17, 15) is 14.4 Å². The topological polar surface area (TPSA) is 101 Å². The Bertz CT molecular complexity index is 849. The number of amides is 1. The van der Waals surface area contributed by atoms with Crippen LogP contribution in [0.1, 0.15) is 54.3 Å². The van der Waals surface area contributed by atoms with Crippen LogP contribution in [-0.4, -0.2) is 68.0 Å². The molecule has 1 amide bonds. The zero-order chi connectivity index (χ0) is 22.1. The summed E-state index contributed by atoms with van der Waals surface area (Å²) in [6, 6.07) is 2.87. The Balaban J connectivity index is 1.78. The first-order valence-corrected chi connectivity index (χ1v) is 9.72. The SMILES string of the molecule is COC(=O)c1cc2c(cc1C(=O)OC)OC1(CCN(C(=O)OC(C)(C)C)CC1)CO2. The summed E-state index contributed by atoms with van der Waals surface area (Å²) < 4.78 is 27.1. The lowest BCUT2D eigenvalue weighted by molar-refractivity contribution is -0.0560. The van der Waals surface area contributed by atoms with Gasteiger partial charge in [0.2, 0.25) is 0 Å². The summed E-state index contributed by atoms with van der Waals surface area (Å²) in [5.41, 5.74) is -1.11. The molecule has 0 radical (unpaired) electrons. The van der Waals surface area contributed by atoms with Crippen molar-refractivity contribution in [3.63, 3.8) is 0 Å². The minimum Gasteiger partial charge on any atom is -0.485 e. The molecule has 2 heterocycles. The Hall–Kier alpha value is -2.97. The lowest BCUT2D eigenvalue weighted by atomic mass is 9.91. The Morgan fingerprint density at radius 1 is 0.967 bits per heavy atom. The van der Waals surface area contributed by atoms with E-state index < -0.39 is 23.1 Å². The summed E-state index contributed by atoms with van der Waals surface area (Å²) in [5.74, 6) is -0.655. The van der Waals surface area contributed by atoms with Gasteiger partial charge in [-0.1, -0.05) is 0 Å². The van der Waals surface area contributed by atoms with Crippen molar-refractivity contribution in [2.75, 3.05) is 33.9 Å². The smallest absolute Gasteiger partial charge is 0.410 e. The fourth-order valence-corrected chi connectivity index (χ4v) is 3.45. The van der Waals surface area contributed by atoms with Crippen molar-refractivity contribution in [1.82, 2.24) is 4.90 Å². The summed E-state index contributed by atoms with van der Waals surface area (Å²) in [5, 5.41) is 0. The summed E-state index contributed by atoms with van der Waals surface area (Å²) in [6.45, 7) is 6.66. The minimum atomic E-state index is -0.679. The highest BCUT2D eigenvalue weighted by molar-refractivity contribution is 6.04. The predicted molar refractivity (Wildman–Crippen MR) is 105 cm³/mol. The van der Waals surface area contributed by atoms with Crippen LogP contribution in [-0.2, 0) is 14.2 Å². The maximum Gasteiger partial charge on any atom is 0.410 e. The summed E-state index contributed by atoms with van der Waals surface area (Å²) >= 11 is 0. The third-order valence-electron chi connectivity index (χ3n) is 5.04. The highest BCUT2D eigenvalue weighted by Gasteiger charge is 2.43. The van der Waals surface area contributed by atoms with Gasteiger partial charge in [-0.25, -0.2) is 14.4 Å². The van der Waals surface area contributed by atoms with E-state index in [1.165, 1.54) is 26.4 Å². The van der Waals surface area contributed by atoms with Gasteiger partial charge in [-0.2, -0.15) is 0 Å². The number of carbonyl (C=O) groups is 3. The fourth-order valence-electron chi connectivity index (χ4n) is 3.45. The molecular formula is C21H27NO8. The Labute approximate surface area is 175 Å². The number of hydrogen-bond donors (Lipinski definition) is 0. The number of fused-ring (bicyclic) bond motifs is 1. The molecule has 3 rings (SSSR count). The molecule has 30 heavy (non-hydrogen) atoms. The Morgan fingerprint density at radius 2 is 1.50 bits per heavy atom. The summed E-state index contributed by atoms with van der Waals surface area (Å²) in [4.78, 5) is 38.2. The van der Waals surface area contributed by atoms with Crippen LogP contribution in [0, 0.1) is 0 Å². The van der Waals surface area contributed by atoms with E-state index in [1.54, 1.807) is 4.90 Å². The molecule has 0 unspecified atom stereocenters. The molecule has 0 aromatic heterocycles. The van der Waals surface area contributed by atoms with Crippen molar-refractivity contribution in [1.29, 1.82) is 0 Å². The van der Waals surface area contributed by atoms with Gasteiger partial charge < -0.3 is 28.6 Å². The molecule has 1 aromatic rings. The molecule has 0 atom stereocenters. The number of ether oxygens (including phenoxy) is 5. The van der Waals surface area contributed by atoms with Crippen LogP contribution in [0.2, 0.25) is 0 Å². The summed E-state index contributed by atoms with van der Waals surface area (Å²) in [6.07, 6.45) is 0.723. The lowest BCUT2D eigenvalue weighted by Crippen LogP contribution is -2.54. The van der Waals surface area contributed by atoms with Crippen molar-refractivity contribution >= 4 is 18.0 Å². The van der Waals surface area contributed by atoms with Crippen molar-refractivity contribution < 1.29 is 38.1 Å². The maximum atomic E-state index is 12.3. The molecule has 0 N–H and O–H groups in total. The molecule has 1 saturated heterocycles. The molecule has 9 heteroatoms. The van der Waals surface area contributed by atoms with Gasteiger partial charge in [0.15, 0.2) is 11.5 Å². The molecule has 1 fully saturated rings. The predicted octanol–water partition coefficient (Wildman–Crippen LogP) is 2.80. The standard InChI is InChI=1S/C21H27NO8/c1-20(2,3)30-19(25)22-8-6-21(7-9-22)12-28-15-10-13(17(23)26-4)14(18(24)27-5)11-16(15)29-21/h10-11H,6-9,12H2,1-5H3. The van der Waals surface area contributed by atoms with Crippen LogP contribution in [0.4, 0.5) is 4.79 Å². The molecular weight excluding hydrogens is 394 g/mol. The highest BCUT2D eigenvalue weighted by Crippen LogP contribution is 2.41. The van der Waals surface area contributed by atoms with Crippen LogP contribution in [0.5, 0.6) is 11.5 Å². The Morgan fingerprint density at radius 3 is 2.00 bits per heavy atom. The molecule has 1 spiro atoms. The normalized spacial score (nSPS) is 17.3. The number of esters is 2. The zero-order valence-corrected chi connectivity index (χ0v) is 17.9. The Kier molecular flexibility index (Phi) is 5.83. The number of benzene rings is 1. The average Bonchev–Trinajstić information content (AvgIpc) is 2.70. The molecule has 0 saturated carbocycles. The third-order valence-corrected chi connectivity index (χ3v) is 5.04. The van der Waals surface area contributed by atoms with E-state index in [0.717, 1.165) is 0 Å². The molecule has 9 nitrogen and oxygen atoms in total. The van der Waals surface area contributed by atoms with Crippen molar-refractivity contribution in [3.05, 3.63) is 23.3 Å². The third kappa shape index (κ3) is 4.44. The second kappa shape index (κ2) is 8.04. The maximum absolute atomic E-state index is 12.3. The van der Waals surface area contributed by atoms with E-state index in [0.29, 0.717) is 37.4 Å². The summed E-state index contributed by atoms with van der Waals surface area (Å²) in [7, 11) is 2.46. The minimum absolute atomic E-state index is 0.0370. The van der Waals surface area contributed by atoms with Crippen LogP contribution >= 0.6 is 0 Å². The van der Waals surface area contributed by atoms with Crippen LogP contribution in [0.3, 0.4) is 0 Å². The molecule has 2 aliphatic rings. The number of carbonyl (C=O) groups excluding carboxylic acids is 3. The quantitative estimate of drug-likeness (QED) is 0.531. The second-order valence-corrected chi connectivity index (χ2v) is 8.37. The first-order valence-electron chi connectivity index (χ1n) is 9.72. The first-order chi connectivity index (χ1) is 14.1. The monoisotopic (exact) mass is 421 g/mol. The highest BCUT2D eigenvalue weighted by atomic mass is 16.6. The zero-order valence-electron chi connectivity index (χ0n) is 17.9. The molecule has 2 aliphatic heterocycles. The molecule has 164 valence electrons. The van der Waals surface area contributed by atoms with Crippen molar-refractivity contribution in [3.8, 4) is 11.5 Å². The van der Waals surface area contributed by atoms with Crippen LogP contribution in [0.15, 0.2) is 12.1 Å². The fraction of sp³-hybridized carbons (Fsp3) is 0.571. The van der Waals surface area contributed by atoms with Gasteiger partial charge in [-0.3, -0.25) is 0 Å². The van der Waals surface area contributed by atoms with Gasteiger partial charge in [0, 0.05) is 25.9 Å². The van der Waals surface area contributed by atoms with Crippen LogP contribution < -0.4 is 9.47 Å². The average molecular weight is 421 g/mol. The van der Waals surface area contributed by atoms with Gasteiger partial charge in [0.1, 0.15) is 17.8 Å². The molecule has 0 aliphatic carbocycles. The van der Waals surface area contributed by atoms with E-state index in [1.807, 2.05) is 20.8 Å². The van der Waals surface area contributed by atoms with Gasteiger partial charge in [-0.15, -0.1) is 0 Å². The largest absolute Gasteiger partial charge is 0.485 e. The second-order valence-electron chi connectivity index (χ2n) is 8.37. The number of piperidine rings is 1. The van der Waals surface area contributed by atoms with Crippen molar-refractivity contribution in [2.24, 2.45) is 0 Å². The van der Waals surface area contributed by atoms with Gasteiger partial charge in [-0.05, 0) is 32.9 Å². The van der Waals surface area contributed by atoms with E-state index >= 15 is 0 Å². The van der Waals surface area contributed by atoms with Gasteiger partial charge in [0.05, 0.1) is 25.3 Å². The molecule has 1 aromatic carbocycles. The number of nitrogens with zero attached hydrogens (tertiary/aromatic N) is 1. The number of hydrogen-bond acceptors (Lipinski definition) is 8.